The van der Waals surface area contributed by atoms with Crippen LogP contribution >= 0.6 is 0 Å². The Morgan fingerprint density at radius 1 is 0.879 bits per heavy atom. The molecule has 0 aromatic heterocycles. The highest BCUT2D eigenvalue weighted by atomic mass is 16.7. The molecule has 0 heterocycles. The largest absolute Gasteiger partial charge is 0.513 e. The van der Waals surface area contributed by atoms with E-state index in [4.69, 9.17) is 24.7 Å². The van der Waals surface area contributed by atoms with Gasteiger partial charge in [0, 0.05) is 25.2 Å². The molecule has 0 aromatic carbocycles. The van der Waals surface area contributed by atoms with Crippen LogP contribution in [0.5, 0.6) is 11.5 Å². The van der Waals surface area contributed by atoms with E-state index in [1.807, 2.05) is 5.48 Å². The number of amides is 2. The van der Waals surface area contributed by atoms with Crippen molar-refractivity contribution in [2.75, 3.05) is 33.0 Å². The van der Waals surface area contributed by atoms with Gasteiger partial charge in [0.05, 0.1) is 19.6 Å². The molecule has 0 fully saturated rings. The monoisotopic (exact) mass is 463 g/mol. The lowest BCUT2D eigenvalue weighted by molar-refractivity contribution is -0.129. The van der Waals surface area contributed by atoms with Crippen molar-refractivity contribution >= 4 is 30.0 Å². The average Bonchev–Trinajstić information content (AvgIpc) is 2.88. The summed E-state index contributed by atoms with van der Waals surface area (Å²) >= 11 is 0. The van der Waals surface area contributed by atoms with Gasteiger partial charge in [0.2, 0.25) is 0 Å². The van der Waals surface area contributed by atoms with E-state index in [0.29, 0.717) is 16.7 Å². The highest BCUT2D eigenvalue weighted by Crippen LogP contribution is 2.50. The zero-order valence-corrected chi connectivity index (χ0v) is 18.6. The molecule has 2 aliphatic carbocycles. The van der Waals surface area contributed by atoms with Crippen LogP contribution in [0.25, 0.3) is 11.1 Å². The summed E-state index contributed by atoms with van der Waals surface area (Å²) < 4.78 is 20.0. The predicted octanol–water partition coefficient (Wildman–Crippen LogP) is 2.72. The minimum Gasteiger partial charge on any atom is -0.434 e. The van der Waals surface area contributed by atoms with E-state index < -0.39 is 24.3 Å². The van der Waals surface area contributed by atoms with Gasteiger partial charge in [0.15, 0.2) is 11.5 Å². The molecule has 0 spiro atoms. The molecule has 12 heteroatoms. The molecule has 0 aliphatic heterocycles. The first-order valence-electron chi connectivity index (χ1n) is 9.88. The van der Waals surface area contributed by atoms with Crippen LogP contribution in [-0.2, 0) is 25.5 Å². The Balaban J connectivity index is 2.36. The Hall–Kier alpha value is -4.22. The van der Waals surface area contributed by atoms with Gasteiger partial charge in [0.25, 0.3) is 5.91 Å². The molecule has 2 amide bonds. The van der Waals surface area contributed by atoms with Crippen molar-refractivity contribution in [3.05, 3.63) is 29.8 Å². The molecule has 0 saturated heterocycles. The predicted molar refractivity (Wildman–Crippen MR) is 115 cm³/mol. The highest BCUT2D eigenvalue weighted by Gasteiger charge is 2.28. The summed E-state index contributed by atoms with van der Waals surface area (Å²) in [5.41, 5.74) is 9.17. The Morgan fingerprint density at radius 2 is 1.36 bits per heavy atom. The number of anilines is 1. The fraction of sp³-hybridized carbons (Fsp3) is 0.333. The lowest BCUT2D eigenvalue weighted by Crippen LogP contribution is -2.33. The molecule has 0 bridgehead atoms. The minimum atomic E-state index is -0.993. The first-order chi connectivity index (χ1) is 15.7. The van der Waals surface area contributed by atoms with E-state index in [0.717, 1.165) is 4.90 Å². The van der Waals surface area contributed by atoms with Crippen molar-refractivity contribution in [3.8, 4) is 22.6 Å². The van der Waals surface area contributed by atoms with E-state index in [-0.39, 0.29) is 36.8 Å². The van der Waals surface area contributed by atoms with Crippen LogP contribution in [-0.4, -0.2) is 56.5 Å². The van der Waals surface area contributed by atoms with Gasteiger partial charge in [0.1, 0.15) is 5.69 Å². The van der Waals surface area contributed by atoms with E-state index in [1.54, 1.807) is 26.0 Å². The standard InChI is InChI=1S/C21H25N3O9/c1-5-29-20(27)31-17-13-9-7-12(11-15(25)23-33-19(26)24(3)4)8-10-14(13)18(16(17)22)32-21(28)30-6-2/h7-10H,5-6,11,22H2,1-4H3,(H,23,25). The van der Waals surface area contributed by atoms with Gasteiger partial charge < -0.3 is 34.4 Å². The molecule has 2 aliphatic rings. The van der Waals surface area contributed by atoms with Crippen molar-refractivity contribution in [1.82, 2.24) is 10.4 Å². The summed E-state index contributed by atoms with van der Waals surface area (Å²) in [6.07, 6.45) is -2.87. The third-order valence-electron chi connectivity index (χ3n) is 4.07. The average molecular weight is 463 g/mol. The quantitative estimate of drug-likeness (QED) is 0.371. The van der Waals surface area contributed by atoms with Crippen molar-refractivity contribution in [2.45, 2.75) is 20.3 Å². The molecule has 0 saturated carbocycles. The van der Waals surface area contributed by atoms with Gasteiger partial charge in [-0.05, 0) is 19.4 Å². The SMILES string of the molecule is CCOC(=O)Oc1c2ccc(CC(=O)NOC(=O)N(C)C)ccc-2c(OC(=O)OCC)c1N. The Labute approximate surface area is 189 Å². The summed E-state index contributed by atoms with van der Waals surface area (Å²) in [6, 6.07) is 6.21. The third-order valence-corrected chi connectivity index (χ3v) is 4.07. The van der Waals surface area contributed by atoms with Crippen LogP contribution in [0, 0.1) is 0 Å². The lowest BCUT2D eigenvalue weighted by Gasteiger charge is -2.10. The summed E-state index contributed by atoms with van der Waals surface area (Å²) in [4.78, 5) is 53.1. The number of nitrogens with two attached hydrogens (primary N) is 1. The number of fused-ring (bicyclic) bond motifs is 1. The Kier molecular flexibility index (Phi) is 8.66. The second-order valence-corrected chi connectivity index (χ2v) is 6.68. The van der Waals surface area contributed by atoms with E-state index in [9.17, 15) is 19.2 Å². The normalized spacial score (nSPS) is 10.2. The van der Waals surface area contributed by atoms with Crippen LogP contribution < -0.4 is 20.7 Å². The number of nitrogens with zero attached hydrogens (tertiary/aromatic N) is 1. The molecular weight excluding hydrogens is 438 g/mol. The number of hydrogen-bond donors (Lipinski definition) is 2. The third kappa shape index (κ3) is 6.63. The maximum Gasteiger partial charge on any atom is 0.513 e. The molecule has 0 unspecified atom stereocenters. The molecule has 2 rings (SSSR count). The van der Waals surface area contributed by atoms with Crippen molar-refractivity contribution in [2.24, 2.45) is 0 Å². The molecule has 33 heavy (non-hydrogen) atoms. The second-order valence-electron chi connectivity index (χ2n) is 6.68. The van der Waals surface area contributed by atoms with Gasteiger partial charge >= 0.3 is 18.4 Å². The fourth-order valence-electron chi connectivity index (χ4n) is 2.62. The van der Waals surface area contributed by atoms with Crippen LogP contribution in [0.1, 0.15) is 19.4 Å². The first kappa shape index (κ1) is 25.0. The van der Waals surface area contributed by atoms with Crippen LogP contribution in [0.15, 0.2) is 24.3 Å². The topological polar surface area (TPSA) is 156 Å². The molecule has 12 nitrogen and oxygen atoms in total. The number of rotatable bonds is 6. The zero-order valence-electron chi connectivity index (χ0n) is 18.6. The second kappa shape index (κ2) is 11.4. The number of carbonyl (C=O) groups excluding carboxylic acids is 4. The summed E-state index contributed by atoms with van der Waals surface area (Å²) in [7, 11) is 2.93. The molecule has 0 aromatic rings. The molecule has 0 atom stereocenters. The minimum absolute atomic E-state index is 0.0748. The van der Waals surface area contributed by atoms with E-state index >= 15 is 0 Å². The van der Waals surface area contributed by atoms with E-state index in [1.165, 1.54) is 26.2 Å². The van der Waals surface area contributed by atoms with E-state index in [2.05, 4.69) is 4.84 Å². The highest BCUT2D eigenvalue weighted by molar-refractivity contribution is 5.95. The number of hydrogen-bond acceptors (Lipinski definition) is 10. The maximum atomic E-state index is 12.1. The van der Waals surface area contributed by atoms with Crippen molar-refractivity contribution in [1.29, 1.82) is 0 Å². The van der Waals surface area contributed by atoms with Crippen LogP contribution in [0.4, 0.5) is 20.1 Å². The zero-order chi connectivity index (χ0) is 24.5. The number of carbonyl (C=O) groups is 4. The van der Waals surface area contributed by atoms with Crippen molar-refractivity contribution < 1.29 is 43.0 Å². The van der Waals surface area contributed by atoms with Crippen molar-refractivity contribution in [3.63, 3.8) is 0 Å². The smallest absolute Gasteiger partial charge is 0.434 e. The molecule has 0 radical (unpaired) electrons. The van der Waals surface area contributed by atoms with Gasteiger partial charge in [-0.2, -0.15) is 5.48 Å². The number of nitrogen functional groups attached to an aromatic ring is 1. The summed E-state index contributed by atoms with van der Waals surface area (Å²) in [6.45, 7) is 3.37. The number of nitrogens with one attached hydrogen (secondary N) is 1. The molecule has 3 N–H and O–H groups in total. The van der Waals surface area contributed by atoms with Crippen LogP contribution in [0.2, 0.25) is 0 Å². The Bertz CT molecular complexity index is 949. The number of ether oxygens (including phenoxy) is 4. The van der Waals surface area contributed by atoms with Gasteiger partial charge in [-0.1, -0.05) is 24.3 Å². The Morgan fingerprint density at radius 3 is 1.79 bits per heavy atom. The molecular formula is C21H25N3O9. The van der Waals surface area contributed by atoms with Crippen LogP contribution in [0.3, 0.4) is 0 Å². The van der Waals surface area contributed by atoms with Gasteiger partial charge in [-0.25, -0.2) is 14.4 Å². The summed E-state index contributed by atoms with van der Waals surface area (Å²) in [5, 5.41) is 0. The molecule has 178 valence electrons. The maximum absolute atomic E-state index is 12.1. The van der Waals surface area contributed by atoms with Gasteiger partial charge in [-0.15, -0.1) is 0 Å². The first-order valence-corrected chi connectivity index (χ1v) is 9.88. The van der Waals surface area contributed by atoms with Gasteiger partial charge in [-0.3, -0.25) is 4.79 Å². The number of hydroxylamine groups is 1. The summed E-state index contributed by atoms with van der Waals surface area (Å²) in [5.74, 6) is -0.731. The lowest BCUT2D eigenvalue weighted by atomic mass is 10.2. The fourth-order valence-corrected chi connectivity index (χ4v) is 2.62.